The van der Waals surface area contributed by atoms with E-state index in [1.807, 2.05) is 0 Å². The third-order valence-corrected chi connectivity index (χ3v) is 6.50. The summed E-state index contributed by atoms with van der Waals surface area (Å²) in [5, 5.41) is 11.5. The van der Waals surface area contributed by atoms with Gasteiger partial charge in [-0.15, -0.1) is 11.3 Å². The Hall–Kier alpha value is -2.24. The fraction of sp³-hybridized carbons (Fsp3) is 0.0588. The average molecular weight is 456 g/mol. The maximum atomic E-state index is 12.5. The normalized spacial score (nSPS) is 11.2. The van der Waals surface area contributed by atoms with Crippen molar-refractivity contribution in [3.63, 3.8) is 0 Å². The van der Waals surface area contributed by atoms with Crippen molar-refractivity contribution in [1.29, 1.82) is 0 Å². The molecule has 1 amide bonds. The lowest BCUT2D eigenvalue weighted by Gasteiger charge is -2.09. The van der Waals surface area contributed by atoms with E-state index >= 15 is 0 Å². The summed E-state index contributed by atoms with van der Waals surface area (Å²) in [7, 11) is -2.22. The van der Waals surface area contributed by atoms with Gasteiger partial charge in [-0.3, -0.25) is 10.1 Å². The zero-order valence-electron chi connectivity index (χ0n) is 14.4. The summed E-state index contributed by atoms with van der Waals surface area (Å²) in [4.78, 5) is 12.8. The van der Waals surface area contributed by atoms with E-state index in [1.54, 1.807) is 25.3 Å². The van der Waals surface area contributed by atoms with Crippen molar-refractivity contribution in [3.05, 3.63) is 52.4 Å². The van der Waals surface area contributed by atoms with Crippen LogP contribution in [-0.4, -0.2) is 26.5 Å². The summed E-state index contributed by atoms with van der Waals surface area (Å²) in [6.07, 6.45) is 0. The molecule has 11 heteroatoms. The highest BCUT2D eigenvalue weighted by Gasteiger charge is 2.18. The van der Waals surface area contributed by atoms with Crippen molar-refractivity contribution < 1.29 is 17.9 Å². The van der Waals surface area contributed by atoms with Gasteiger partial charge in [0.2, 0.25) is 10.0 Å². The lowest BCUT2D eigenvalue weighted by molar-refractivity contribution is 0.0982. The Morgan fingerprint density at radius 1 is 1.21 bits per heavy atom. The van der Waals surface area contributed by atoms with E-state index in [2.05, 4.69) is 10.6 Å². The monoisotopic (exact) mass is 455 g/mol. The molecule has 3 aromatic rings. The smallest absolute Gasteiger partial charge is 0.269 e. The number of fused-ring (bicyclic) bond motifs is 1. The molecule has 146 valence electrons. The van der Waals surface area contributed by atoms with E-state index in [0.717, 1.165) is 10.1 Å². The van der Waals surface area contributed by atoms with Crippen LogP contribution in [0.15, 0.2) is 47.4 Å². The number of rotatable bonds is 4. The number of thiocarbonyl (C=S) groups is 1. The van der Waals surface area contributed by atoms with Crippen LogP contribution in [0.1, 0.15) is 9.67 Å². The van der Waals surface area contributed by atoms with Crippen LogP contribution in [0.25, 0.3) is 10.1 Å². The summed E-state index contributed by atoms with van der Waals surface area (Å²) >= 11 is 12.7. The molecule has 1 heterocycles. The second-order valence-electron chi connectivity index (χ2n) is 5.58. The second-order valence-corrected chi connectivity index (χ2v) is 8.98. The van der Waals surface area contributed by atoms with E-state index in [0.29, 0.717) is 21.3 Å². The lowest BCUT2D eigenvalue weighted by atomic mass is 10.2. The lowest BCUT2D eigenvalue weighted by Crippen LogP contribution is -2.33. The van der Waals surface area contributed by atoms with Gasteiger partial charge in [-0.25, -0.2) is 13.6 Å². The van der Waals surface area contributed by atoms with Crippen molar-refractivity contribution in [1.82, 2.24) is 5.32 Å². The molecule has 0 atom stereocenters. The Labute approximate surface area is 175 Å². The average Bonchev–Trinajstić information content (AvgIpc) is 2.97. The molecule has 7 nitrogen and oxygen atoms in total. The number of carbonyl (C=O) groups is 1. The molecule has 2 aromatic carbocycles. The minimum absolute atomic E-state index is 0.0273. The number of anilines is 1. The molecule has 0 saturated heterocycles. The molecule has 0 aliphatic carbocycles. The molecule has 0 aliphatic heterocycles. The molecule has 3 rings (SSSR count). The number of benzene rings is 2. The first-order valence-electron chi connectivity index (χ1n) is 7.70. The number of ether oxygens (including phenoxy) is 1. The number of primary sulfonamides is 1. The van der Waals surface area contributed by atoms with Crippen molar-refractivity contribution in [2.45, 2.75) is 4.90 Å². The topological polar surface area (TPSA) is 111 Å². The predicted molar refractivity (Wildman–Crippen MR) is 115 cm³/mol. The number of halogens is 1. The van der Waals surface area contributed by atoms with Gasteiger partial charge < -0.3 is 10.1 Å². The number of hydrogen-bond donors (Lipinski definition) is 3. The number of hydrogen-bond acceptors (Lipinski definition) is 6. The van der Waals surface area contributed by atoms with Gasteiger partial charge in [0.1, 0.15) is 10.6 Å². The molecular formula is C17H14ClN3O4S3. The van der Waals surface area contributed by atoms with Crippen molar-refractivity contribution in [3.8, 4) is 5.75 Å². The molecule has 0 aliphatic rings. The molecular weight excluding hydrogens is 442 g/mol. The van der Waals surface area contributed by atoms with Gasteiger partial charge in [-0.1, -0.05) is 11.6 Å². The predicted octanol–water partition coefficient (Wildman–Crippen LogP) is 3.34. The molecule has 1 aromatic heterocycles. The van der Waals surface area contributed by atoms with Crippen LogP contribution in [-0.2, 0) is 10.0 Å². The highest BCUT2D eigenvalue weighted by molar-refractivity contribution is 7.89. The van der Waals surface area contributed by atoms with Gasteiger partial charge in [0, 0.05) is 15.8 Å². The Morgan fingerprint density at radius 2 is 1.89 bits per heavy atom. The van der Waals surface area contributed by atoms with Crippen LogP contribution in [0, 0.1) is 0 Å². The number of sulfonamides is 1. The van der Waals surface area contributed by atoms with Crippen molar-refractivity contribution >= 4 is 72.0 Å². The minimum Gasteiger partial charge on any atom is -0.497 e. The van der Waals surface area contributed by atoms with Crippen molar-refractivity contribution in [2.24, 2.45) is 5.14 Å². The Kier molecular flexibility index (Phi) is 5.87. The third-order valence-electron chi connectivity index (χ3n) is 3.71. The van der Waals surface area contributed by atoms with Crippen LogP contribution >= 0.6 is 35.2 Å². The molecule has 0 bridgehead atoms. The summed E-state index contributed by atoms with van der Waals surface area (Å²) in [5.74, 6) is 0.210. The van der Waals surface area contributed by atoms with E-state index in [1.165, 1.54) is 35.6 Å². The fourth-order valence-electron chi connectivity index (χ4n) is 2.37. The first-order chi connectivity index (χ1) is 13.2. The molecule has 0 spiro atoms. The zero-order chi connectivity index (χ0) is 20.5. The Morgan fingerprint density at radius 3 is 2.50 bits per heavy atom. The Bertz CT molecular complexity index is 1170. The SMILES string of the molecule is COc1ccc2c(Cl)c(C(=O)NC(=S)Nc3ccc(S(N)(=O)=O)cc3)sc2c1. The van der Waals surface area contributed by atoms with Crippen molar-refractivity contribution in [2.75, 3.05) is 12.4 Å². The van der Waals surface area contributed by atoms with Crippen LogP contribution in [0.3, 0.4) is 0 Å². The summed E-state index contributed by atoms with van der Waals surface area (Å²) in [5.41, 5.74) is 0.491. The van der Waals surface area contributed by atoms with Gasteiger partial charge in [0.15, 0.2) is 5.11 Å². The number of carbonyl (C=O) groups excluding carboxylic acids is 1. The maximum Gasteiger partial charge on any atom is 0.269 e. The van der Waals surface area contributed by atoms with E-state index in [-0.39, 0.29) is 10.0 Å². The number of amides is 1. The second kappa shape index (κ2) is 8.02. The zero-order valence-corrected chi connectivity index (χ0v) is 17.6. The quantitative estimate of drug-likeness (QED) is 0.520. The van der Waals surface area contributed by atoms with Crippen LogP contribution < -0.4 is 20.5 Å². The highest BCUT2D eigenvalue weighted by atomic mass is 35.5. The molecule has 0 unspecified atom stereocenters. The van der Waals surface area contributed by atoms with Gasteiger partial charge in [-0.05, 0) is 54.7 Å². The van der Waals surface area contributed by atoms with Gasteiger partial charge in [-0.2, -0.15) is 0 Å². The van der Waals surface area contributed by atoms with Gasteiger partial charge >= 0.3 is 0 Å². The van der Waals surface area contributed by atoms with E-state index in [9.17, 15) is 13.2 Å². The maximum absolute atomic E-state index is 12.5. The first-order valence-corrected chi connectivity index (χ1v) is 10.8. The van der Waals surface area contributed by atoms with E-state index in [4.69, 9.17) is 33.7 Å². The molecule has 0 fully saturated rings. The molecule has 4 N–H and O–H groups in total. The van der Waals surface area contributed by atoms with Gasteiger partial charge in [0.05, 0.1) is 17.0 Å². The summed E-state index contributed by atoms with van der Waals surface area (Å²) in [6.45, 7) is 0. The third kappa shape index (κ3) is 4.42. The molecule has 28 heavy (non-hydrogen) atoms. The Balaban J connectivity index is 1.73. The number of nitrogens with two attached hydrogens (primary N) is 1. The summed E-state index contributed by atoms with van der Waals surface area (Å²) in [6, 6.07) is 11.0. The minimum atomic E-state index is -3.78. The standard InChI is InChI=1S/C17H14ClN3O4S3/c1-25-10-4-7-12-13(8-10)27-15(14(12)18)16(22)21-17(26)20-9-2-5-11(6-3-9)28(19,23)24/h2-8H,1H3,(H2,19,23,24)(H2,20,21,22,26). The van der Waals surface area contributed by atoms with Crippen LogP contribution in [0.2, 0.25) is 5.02 Å². The summed E-state index contributed by atoms with van der Waals surface area (Å²) < 4.78 is 28.5. The largest absolute Gasteiger partial charge is 0.497 e. The first kappa shape index (κ1) is 20.5. The van der Waals surface area contributed by atoms with Crippen LogP contribution in [0.5, 0.6) is 5.75 Å². The van der Waals surface area contributed by atoms with E-state index < -0.39 is 15.9 Å². The van der Waals surface area contributed by atoms with Crippen LogP contribution in [0.4, 0.5) is 5.69 Å². The molecule has 0 radical (unpaired) electrons. The highest BCUT2D eigenvalue weighted by Crippen LogP contribution is 2.37. The number of methoxy groups -OCH3 is 1. The van der Waals surface area contributed by atoms with Gasteiger partial charge in [0.25, 0.3) is 5.91 Å². The number of thiophene rings is 1. The number of nitrogens with one attached hydrogen (secondary N) is 2. The fourth-order valence-corrected chi connectivity index (χ4v) is 4.54. The molecule has 0 saturated carbocycles.